The van der Waals surface area contributed by atoms with Crippen molar-refractivity contribution in [1.82, 2.24) is 0 Å². The quantitative estimate of drug-likeness (QED) is 0.727. The number of ether oxygens (including phenoxy) is 1. The Balaban J connectivity index is 1.49. The molecule has 0 aliphatic heterocycles. The maximum Gasteiger partial charge on any atom is 0.306 e. The second kappa shape index (κ2) is 7.00. The van der Waals surface area contributed by atoms with E-state index in [1.807, 2.05) is 6.08 Å². The Kier molecular flexibility index (Phi) is 4.91. The van der Waals surface area contributed by atoms with Crippen molar-refractivity contribution in [2.45, 2.75) is 84.2 Å². The Bertz CT molecular complexity index is 725. The molecule has 0 aromatic carbocycles. The van der Waals surface area contributed by atoms with E-state index in [0.29, 0.717) is 30.0 Å². The highest BCUT2D eigenvalue weighted by Crippen LogP contribution is 2.65. The van der Waals surface area contributed by atoms with E-state index in [2.05, 4.69) is 13.8 Å². The van der Waals surface area contributed by atoms with Gasteiger partial charge in [0.15, 0.2) is 5.78 Å². The highest BCUT2D eigenvalue weighted by atomic mass is 16.5. The van der Waals surface area contributed by atoms with Crippen LogP contribution < -0.4 is 0 Å². The number of hydrogen-bond donors (Lipinski definition) is 1. The van der Waals surface area contributed by atoms with E-state index in [0.717, 1.165) is 44.9 Å². The van der Waals surface area contributed by atoms with Crippen LogP contribution in [0.15, 0.2) is 11.6 Å². The van der Waals surface area contributed by atoms with E-state index in [-0.39, 0.29) is 35.7 Å². The third-order valence-electron chi connectivity index (χ3n) is 8.69. The number of fused-ring (bicyclic) bond motifs is 5. The molecule has 0 bridgehead atoms. The fourth-order valence-electron chi connectivity index (χ4n) is 7.13. The topological polar surface area (TPSA) is 80.7 Å². The van der Waals surface area contributed by atoms with Gasteiger partial charge in [0.25, 0.3) is 0 Å². The van der Waals surface area contributed by atoms with Gasteiger partial charge in [-0.15, -0.1) is 0 Å². The number of carboxylic acids is 1. The molecule has 3 fully saturated rings. The van der Waals surface area contributed by atoms with Crippen LogP contribution in [0.5, 0.6) is 0 Å². The number of esters is 1. The van der Waals surface area contributed by atoms with Crippen LogP contribution in [0.3, 0.4) is 0 Å². The molecule has 4 aliphatic carbocycles. The minimum atomic E-state index is -0.960. The zero-order valence-electron chi connectivity index (χ0n) is 17.0. The second-order valence-corrected chi connectivity index (χ2v) is 9.96. The lowest BCUT2D eigenvalue weighted by Crippen LogP contribution is -2.51. The van der Waals surface area contributed by atoms with E-state index >= 15 is 0 Å². The SMILES string of the molecule is C[C@@]12CC[C@@H]3[C@H](CCC4=CC(=O)CC[C@]43C)[C@H]1CCC2OC(=O)CCC(=O)O. The average molecular weight is 389 g/mol. The van der Waals surface area contributed by atoms with Crippen LogP contribution in [0.25, 0.3) is 0 Å². The maximum atomic E-state index is 12.1. The Morgan fingerprint density at radius 3 is 2.61 bits per heavy atom. The molecule has 1 N–H and O–H groups in total. The van der Waals surface area contributed by atoms with Crippen LogP contribution in [-0.2, 0) is 19.1 Å². The zero-order chi connectivity index (χ0) is 20.1. The largest absolute Gasteiger partial charge is 0.481 e. The van der Waals surface area contributed by atoms with Gasteiger partial charge in [0, 0.05) is 11.8 Å². The number of ketones is 1. The average Bonchev–Trinajstić information content (AvgIpc) is 2.97. The molecule has 1 unspecified atom stereocenters. The first-order chi connectivity index (χ1) is 13.2. The van der Waals surface area contributed by atoms with Crippen molar-refractivity contribution in [1.29, 1.82) is 0 Å². The molecule has 4 aliphatic rings. The van der Waals surface area contributed by atoms with E-state index in [9.17, 15) is 14.4 Å². The number of carbonyl (C=O) groups is 3. The summed E-state index contributed by atoms with van der Waals surface area (Å²) in [6.07, 6.45) is 9.62. The number of allylic oxidation sites excluding steroid dienone is 1. The maximum absolute atomic E-state index is 12.1. The van der Waals surface area contributed by atoms with Gasteiger partial charge in [-0.1, -0.05) is 19.4 Å². The summed E-state index contributed by atoms with van der Waals surface area (Å²) in [5.74, 6) is 0.776. The summed E-state index contributed by atoms with van der Waals surface area (Å²) in [4.78, 5) is 34.8. The van der Waals surface area contributed by atoms with Gasteiger partial charge < -0.3 is 9.84 Å². The summed E-state index contributed by atoms with van der Waals surface area (Å²) in [7, 11) is 0. The Labute approximate surface area is 166 Å². The third kappa shape index (κ3) is 3.11. The standard InChI is InChI=1S/C23H32O5/c1-22-11-9-15(24)13-14(22)3-4-16-17-5-6-19(23(17,2)12-10-18(16)22)28-21(27)8-7-20(25)26/h13,16-19H,3-12H2,1-2H3,(H,25,26)/t16-,17-,18-,19?,22-,23-/m1/s1. The molecule has 0 saturated heterocycles. The van der Waals surface area contributed by atoms with Crippen molar-refractivity contribution in [3.8, 4) is 0 Å². The Morgan fingerprint density at radius 2 is 1.86 bits per heavy atom. The molecule has 6 atom stereocenters. The summed E-state index contributed by atoms with van der Waals surface area (Å²) in [5.41, 5.74) is 1.54. The van der Waals surface area contributed by atoms with Crippen molar-refractivity contribution >= 4 is 17.7 Å². The van der Waals surface area contributed by atoms with Crippen LogP contribution >= 0.6 is 0 Å². The van der Waals surface area contributed by atoms with Crippen LogP contribution in [0, 0.1) is 28.6 Å². The second-order valence-electron chi connectivity index (χ2n) is 9.96. The minimum absolute atomic E-state index is 0.00210. The molecule has 0 amide bonds. The van der Waals surface area contributed by atoms with Crippen molar-refractivity contribution in [2.24, 2.45) is 28.6 Å². The molecule has 154 valence electrons. The molecule has 0 heterocycles. The monoisotopic (exact) mass is 388 g/mol. The normalized spacial score (nSPS) is 42.1. The zero-order valence-corrected chi connectivity index (χ0v) is 17.0. The Hall–Kier alpha value is -1.65. The number of hydrogen-bond acceptors (Lipinski definition) is 4. The highest BCUT2D eigenvalue weighted by molar-refractivity contribution is 5.91. The molecule has 5 heteroatoms. The molecular weight excluding hydrogens is 356 g/mol. The molecule has 0 aromatic heterocycles. The first-order valence-corrected chi connectivity index (χ1v) is 10.9. The van der Waals surface area contributed by atoms with E-state index in [1.165, 1.54) is 5.57 Å². The number of carboxylic acid groups (broad SMARTS) is 1. The molecule has 0 radical (unpaired) electrons. The lowest BCUT2D eigenvalue weighted by atomic mass is 9.47. The number of rotatable bonds is 4. The summed E-state index contributed by atoms with van der Waals surface area (Å²) in [6.45, 7) is 4.66. The van der Waals surface area contributed by atoms with Gasteiger partial charge in [-0.05, 0) is 74.2 Å². The lowest BCUT2D eigenvalue weighted by Gasteiger charge is -2.57. The molecule has 28 heavy (non-hydrogen) atoms. The Morgan fingerprint density at radius 1 is 1.07 bits per heavy atom. The van der Waals surface area contributed by atoms with Crippen molar-refractivity contribution in [3.05, 3.63) is 11.6 Å². The smallest absolute Gasteiger partial charge is 0.306 e. The van der Waals surface area contributed by atoms with Gasteiger partial charge in [-0.25, -0.2) is 0 Å². The highest BCUT2D eigenvalue weighted by Gasteiger charge is 2.59. The predicted molar refractivity (Wildman–Crippen MR) is 103 cm³/mol. The van der Waals surface area contributed by atoms with Gasteiger partial charge in [0.2, 0.25) is 0 Å². The van der Waals surface area contributed by atoms with E-state index in [1.54, 1.807) is 0 Å². The molecule has 3 saturated carbocycles. The fourth-order valence-corrected chi connectivity index (χ4v) is 7.13. The minimum Gasteiger partial charge on any atom is -0.481 e. The van der Waals surface area contributed by atoms with Crippen molar-refractivity contribution < 1.29 is 24.2 Å². The fraction of sp³-hybridized carbons (Fsp3) is 0.783. The molecule has 0 spiro atoms. The predicted octanol–water partition coefficient (Wildman–Crippen LogP) is 4.29. The number of carbonyl (C=O) groups excluding carboxylic acids is 2. The van der Waals surface area contributed by atoms with Crippen molar-refractivity contribution in [3.63, 3.8) is 0 Å². The molecule has 4 rings (SSSR count). The van der Waals surface area contributed by atoms with Crippen LogP contribution in [0.4, 0.5) is 0 Å². The molecule has 0 aromatic rings. The van der Waals surface area contributed by atoms with Crippen LogP contribution in [0.1, 0.15) is 78.1 Å². The van der Waals surface area contributed by atoms with Gasteiger partial charge in [0.05, 0.1) is 12.8 Å². The van der Waals surface area contributed by atoms with Gasteiger partial charge in [0.1, 0.15) is 6.10 Å². The first kappa shape index (κ1) is 19.7. The lowest BCUT2D eigenvalue weighted by molar-refractivity contribution is -0.161. The molecular formula is C23H32O5. The van der Waals surface area contributed by atoms with Gasteiger partial charge in [-0.3, -0.25) is 14.4 Å². The van der Waals surface area contributed by atoms with E-state index < -0.39 is 5.97 Å². The summed E-state index contributed by atoms with van der Waals surface area (Å²) < 4.78 is 5.80. The summed E-state index contributed by atoms with van der Waals surface area (Å²) >= 11 is 0. The summed E-state index contributed by atoms with van der Waals surface area (Å²) in [6, 6.07) is 0. The van der Waals surface area contributed by atoms with Gasteiger partial charge >= 0.3 is 11.9 Å². The van der Waals surface area contributed by atoms with Crippen LogP contribution in [-0.4, -0.2) is 28.9 Å². The molecule has 5 nitrogen and oxygen atoms in total. The van der Waals surface area contributed by atoms with Crippen LogP contribution in [0.2, 0.25) is 0 Å². The summed E-state index contributed by atoms with van der Waals surface area (Å²) in [5, 5.41) is 8.79. The first-order valence-electron chi connectivity index (χ1n) is 10.9. The number of aliphatic carboxylic acids is 1. The van der Waals surface area contributed by atoms with Gasteiger partial charge in [-0.2, -0.15) is 0 Å². The van der Waals surface area contributed by atoms with E-state index in [4.69, 9.17) is 9.84 Å². The van der Waals surface area contributed by atoms with Crippen molar-refractivity contribution in [2.75, 3.05) is 0 Å². The third-order valence-corrected chi connectivity index (χ3v) is 8.69.